The lowest BCUT2D eigenvalue weighted by Gasteiger charge is -2.33. The predicted octanol–water partition coefficient (Wildman–Crippen LogP) is 2.06. The maximum atomic E-state index is 4.35. The fourth-order valence-corrected chi connectivity index (χ4v) is 5.05. The van der Waals surface area contributed by atoms with Gasteiger partial charge in [0.25, 0.3) is 0 Å². The average molecular weight is 212 g/mol. The summed E-state index contributed by atoms with van der Waals surface area (Å²) in [5, 5.41) is 0. The summed E-state index contributed by atoms with van der Waals surface area (Å²) < 4.78 is 0.370. The van der Waals surface area contributed by atoms with Gasteiger partial charge in [-0.05, 0) is 0 Å². The Morgan fingerprint density at radius 2 is 1.90 bits per heavy atom. The smallest absolute Gasteiger partial charge is 0.0426 e. The second-order valence-corrected chi connectivity index (χ2v) is 5.70. The Kier molecular flexibility index (Phi) is 4.20. The van der Waals surface area contributed by atoms with Crippen molar-refractivity contribution in [1.29, 1.82) is 0 Å². The molecular weight excluding hydrogens is 200 g/mol. The molecule has 0 aromatic carbocycles. The van der Waals surface area contributed by atoms with E-state index in [-0.39, 0.29) is 0 Å². The van der Waals surface area contributed by atoms with Crippen LogP contribution >= 0.6 is 48.8 Å². The normalized spacial score (nSPS) is 24.6. The Labute approximate surface area is 82.1 Å². The summed E-state index contributed by atoms with van der Waals surface area (Å²) in [7, 11) is 0. The molecule has 0 spiro atoms. The summed E-state index contributed by atoms with van der Waals surface area (Å²) in [5.74, 6) is 5.73. The zero-order valence-corrected chi connectivity index (χ0v) is 9.17. The molecule has 1 aliphatic rings. The van der Waals surface area contributed by atoms with Crippen molar-refractivity contribution in [3.05, 3.63) is 0 Å². The monoisotopic (exact) mass is 212 g/mol. The minimum atomic E-state index is 0.370. The quantitative estimate of drug-likeness (QED) is 0.673. The van der Waals surface area contributed by atoms with E-state index in [1.807, 2.05) is 23.5 Å². The van der Waals surface area contributed by atoms with Crippen molar-refractivity contribution in [2.45, 2.75) is 4.75 Å². The number of hydrogen-bond acceptors (Lipinski definition) is 4. The van der Waals surface area contributed by atoms with E-state index in [9.17, 15) is 0 Å². The summed E-state index contributed by atoms with van der Waals surface area (Å²) in [6.07, 6.45) is 0. The zero-order valence-electron chi connectivity index (χ0n) is 5.75. The van der Waals surface area contributed by atoms with Crippen LogP contribution in [0.4, 0.5) is 0 Å². The van der Waals surface area contributed by atoms with Crippen molar-refractivity contribution < 1.29 is 0 Å². The van der Waals surface area contributed by atoms with Gasteiger partial charge in [-0.15, -0.1) is 0 Å². The van der Waals surface area contributed by atoms with E-state index in [2.05, 4.69) is 25.3 Å². The van der Waals surface area contributed by atoms with Gasteiger partial charge in [-0.1, -0.05) is 0 Å². The number of hydrogen-bond donors (Lipinski definition) is 2. The molecule has 0 aromatic heterocycles. The third-order valence-corrected chi connectivity index (χ3v) is 6.36. The molecule has 0 aliphatic carbocycles. The third kappa shape index (κ3) is 2.19. The Hall–Kier alpha value is 1.40. The maximum absolute atomic E-state index is 4.35. The molecule has 0 amide bonds. The van der Waals surface area contributed by atoms with Crippen molar-refractivity contribution in [2.24, 2.45) is 0 Å². The number of thioether (sulfide) groups is 2. The van der Waals surface area contributed by atoms with Crippen molar-refractivity contribution in [3.63, 3.8) is 0 Å². The van der Waals surface area contributed by atoms with Gasteiger partial charge in [0.1, 0.15) is 0 Å². The van der Waals surface area contributed by atoms with Crippen LogP contribution in [0.3, 0.4) is 0 Å². The first-order chi connectivity index (χ1) is 4.83. The van der Waals surface area contributed by atoms with Gasteiger partial charge in [-0.2, -0.15) is 48.8 Å². The van der Waals surface area contributed by atoms with Gasteiger partial charge >= 0.3 is 0 Å². The summed E-state index contributed by atoms with van der Waals surface area (Å²) in [6.45, 7) is 0. The summed E-state index contributed by atoms with van der Waals surface area (Å²) in [5.41, 5.74) is 0. The molecule has 0 aromatic rings. The average Bonchev–Trinajstić information content (AvgIpc) is 2.06. The molecule has 1 fully saturated rings. The van der Waals surface area contributed by atoms with Crippen molar-refractivity contribution in [2.75, 3.05) is 28.8 Å². The van der Waals surface area contributed by atoms with Gasteiger partial charge in [0.05, 0.1) is 0 Å². The zero-order chi connectivity index (χ0) is 7.45. The second-order valence-electron chi connectivity index (χ2n) is 2.40. The van der Waals surface area contributed by atoms with Crippen LogP contribution in [0.1, 0.15) is 0 Å². The van der Waals surface area contributed by atoms with Crippen LogP contribution in [-0.4, -0.2) is 33.5 Å². The fourth-order valence-electron chi connectivity index (χ4n) is 0.850. The minimum absolute atomic E-state index is 0.370. The van der Waals surface area contributed by atoms with Crippen molar-refractivity contribution in [3.8, 4) is 0 Å². The maximum Gasteiger partial charge on any atom is 0.0426 e. The lowest BCUT2D eigenvalue weighted by molar-refractivity contribution is 0.844. The molecular formula is C6H12S4. The van der Waals surface area contributed by atoms with Crippen molar-refractivity contribution in [1.82, 2.24) is 0 Å². The van der Waals surface area contributed by atoms with E-state index < -0.39 is 0 Å². The van der Waals surface area contributed by atoms with Gasteiger partial charge in [0, 0.05) is 33.5 Å². The summed E-state index contributed by atoms with van der Waals surface area (Å²) >= 11 is 12.8. The molecule has 0 radical (unpaired) electrons. The van der Waals surface area contributed by atoms with Gasteiger partial charge in [-0.3, -0.25) is 0 Å². The van der Waals surface area contributed by atoms with Crippen LogP contribution in [-0.2, 0) is 0 Å². The highest BCUT2D eigenvalue weighted by Crippen LogP contribution is 2.36. The number of thiol groups is 2. The van der Waals surface area contributed by atoms with E-state index in [1.165, 1.54) is 17.3 Å². The molecule has 4 heteroatoms. The second kappa shape index (κ2) is 4.43. The van der Waals surface area contributed by atoms with Crippen LogP contribution in [0, 0.1) is 0 Å². The molecule has 1 heterocycles. The van der Waals surface area contributed by atoms with Gasteiger partial charge in [0.2, 0.25) is 0 Å². The van der Waals surface area contributed by atoms with E-state index >= 15 is 0 Å². The van der Waals surface area contributed by atoms with Crippen LogP contribution < -0.4 is 0 Å². The fraction of sp³-hybridized carbons (Fsp3) is 1.00. The Balaban J connectivity index is 2.44. The number of rotatable bonds is 2. The Bertz CT molecular complexity index is 91.9. The largest absolute Gasteiger partial charge is 0.178 e. The Morgan fingerprint density at radius 1 is 1.20 bits per heavy atom. The molecule has 0 N–H and O–H groups in total. The lowest BCUT2D eigenvalue weighted by Crippen LogP contribution is -2.36. The molecule has 0 bridgehead atoms. The van der Waals surface area contributed by atoms with Crippen LogP contribution in [0.5, 0.6) is 0 Å². The van der Waals surface area contributed by atoms with Gasteiger partial charge < -0.3 is 0 Å². The molecule has 0 atom stereocenters. The van der Waals surface area contributed by atoms with E-state index in [0.29, 0.717) is 4.75 Å². The van der Waals surface area contributed by atoms with Crippen molar-refractivity contribution >= 4 is 48.8 Å². The summed E-state index contributed by atoms with van der Waals surface area (Å²) in [6, 6.07) is 0. The first-order valence-corrected chi connectivity index (χ1v) is 6.67. The highest BCUT2D eigenvalue weighted by Gasteiger charge is 2.30. The molecule has 1 aliphatic heterocycles. The van der Waals surface area contributed by atoms with Gasteiger partial charge in [-0.25, -0.2) is 0 Å². The van der Waals surface area contributed by atoms with E-state index in [4.69, 9.17) is 0 Å². The standard InChI is InChI=1S/C6H12S4/c7-3-6(4-8)5-9-1-2-10-6/h7-8H,1-5H2. The first-order valence-electron chi connectivity index (χ1n) is 3.26. The molecule has 1 rings (SSSR count). The van der Waals surface area contributed by atoms with Gasteiger partial charge in [0.15, 0.2) is 0 Å². The van der Waals surface area contributed by atoms with E-state index in [0.717, 1.165) is 11.5 Å². The SMILES string of the molecule is SCC1(CS)CSCCS1. The third-order valence-electron chi connectivity index (χ3n) is 1.58. The topological polar surface area (TPSA) is 0 Å². The van der Waals surface area contributed by atoms with E-state index in [1.54, 1.807) is 0 Å². The molecule has 0 nitrogen and oxygen atoms in total. The highest BCUT2D eigenvalue weighted by molar-refractivity contribution is 8.08. The molecule has 60 valence electrons. The minimum Gasteiger partial charge on any atom is -0.178 e. The molecule has 0 saturated carbocycles. The van der Waals surface area contributed by atoms with Crippen LogP contribution in [0.15, 0.2) is 0 Å². The predicted molar refractivity (Wildman–Crippen MR) is 60.2 cm³/mol. The van der Waals surface area contributed by atoms with Crippen LogP contribution in [0.2, 0.25) is 0 Å². The Morgan fingerprint density at radius 3 is 2.20 bits per heavy atom. The first kappa shape index (κ1) is 9.49. The lowest BCUT2D eigenvalue weighted by atomic mass is 10.2. The molecule has 1 saturated heterocycles. The molecule has 0 unspecified atom stereocenters. The van der Waals surface area contributed by atoms with Crippen LogP contribution in [0.25, 0.3) is 0 Å². The molecule has 10 heavy (non-hydrogen) atoms. The summed E-state index contributed by atoms with van der Waals surface area (Å²) in [4.78, 5) is 0. The highest BCUT2D eigenvalue weighted by atomic mass is 32.2.